The summed E-state index contributed by atoms with van der Waals surface area (Å²) in [6, 6.07) is 146. The Balaban J connectivity index is 0.535. The molecule has 0 amide bonds. The minimum absolute atomic E-state index is 0.483. The van der Waals surface area contributed by atoms with Crippen LogP contribution >= 0.6 is 23.5 Å². The Morgan fingerprint density at radius 3 is 0.967 bits per heavy atom. The van der Waals surface area contributed by atoms with Crippen molar-refractivity contribution in [3.63, 3.8) is 0 Å². The van der Waals surface area contributed by atoms with Gasteiger partial charge < -0.3 is 10.6 Å². The van der Waals surface area contributed by atoms with E-state index in [2.05, 4.69) is 387 Å². The van der Waals surface area contributed by atoms with Gasteiger partial charge in [-0.3, -0.25) is 0 Å². The fourth-order valence-corrected chi connectivity index (χ4v) is 22.6. The van der Waals surface area contributed by atoms with Gasteiger partial charge in [-0.25, -0.2) is 29.9 Å². The quantitative estimate of drug-likeness (QED) is 0.132. The van der Waals surface area contributed by atoms with Crippen LogP contribution < -0.4 is 10.6 Å². The molecule has 17 aromatic carbocycles. The number of rotatable bonds is 10. The molecule has 0 fully saturated rings. The highest BCUT2D eigenvalue weighted by Gasteiger charge is 2.52. The highest BCUT2D eigenvalue weighted by atomic mass is 32.2. The molecule has 10 heteroatoms. The predicted octanol–water partition coefficient (Wildman–Crippen LogP) is 26.4. The minimum atomic E-state index is -0.529. The second kappa shape index (κ2) is 27.8. The average Bonchev–Trinajstić information content (AvgIpc) is 1.51. The highest BCUT2D eigenvalue weighted by molar-refractivity contribution is 7.99. The molecule has 2 aromatic heterocycles. The number of nitrogens with zero attached hydrogens (tertiary/aromatic N) is 6. The van der Waals surface area contributed by atoms with Gasteiger partial charge in [0.05, 0.1) is 33.3 Å². The summed E-state index contributed by atoms with van der Waals surface area (Å²) in [6.07, 6.45) is -0.966. The lowest BCUT2D eigenvalue weighted by Crippen LogP contribution is -2.33. The van der Waals surface area contributed by atoms with Gasteiger partial charge >= 0.3 is 0 Å². The van der Waals surface area contributed by atoms with E-state index in [1.807, 2.05) is 47.8 Å². The number of aliphatic imine (C=N–C) groups is 4. The molecule has 570 valence electrons. The molecule has 2 unspecified atom stereocenters. The van der Waals surface area contributed by atoms with Crippen LogP contribution in [-0.4, -0.2) is 33.3 Å². The SMILES string of the molecule is c1ccc(C2=NC(c3ccc4c(c3)nc(-c3ccccc3)c3cc5c(cc34)C3(c4ccccc4Sc4ccccc43)c3ccccc3-5)NC(c3ccc(-c4cccc(-c5ccc(C6=NC(c7ccc8c(c7)nc(-c7ccccc7)c7cc9c(cc78)C7(c8ccccc8Sc8ccccc87)c7ccccc7-9)NC(c7ccccc7)=N6)cc5)c4)cc3)=N2)cc1. The topological polar surface area (TPSA) is 99.3 Å². The lowest BCUT2D eigenvalue weighted by atomic mass is 9.67. The summed E-state index contributed by atoms with van der Waals surface area (Å²) < 4.78 is 0. The molecular formula is C112H70N8S2. The van der Waals surface area contributed by atoms with Gasteiger partial charge in [0.25, 0.3) is 0 Å². The molecule has 19 aromatic rings. The van der Waals surface area contributed by atoms with E-state index in [-0.39, 0.29) is 0 Å². The van der Waals surface area contributed by atoms with Gasteiger partial charge in [-0.1, -0.05) is 357 Å². The normalized spacial score (nSPS) is 15.8. The third-order valence-corrected chi connectivity index (χ3v) is 28.0. The van der Waals surface area contributed by atoms with Crippen molar-refractivity contribution in [2.75, 3.05) is 0 Å². The lowest BCUT2D eigenvalue weighted by molar-refractivity contribution is 0.675. The number of nitrogens with one attached hydrogen (secondary N) is 2. The van der Waals surface area contributed by atoms with Gasteiger partial charge in [-0.2, -0.15) is 0 Å². The van der Waals surface area contributed by atoms with Crippen LogP contribution in [0.25, 0.3) is 110 Å². The highest BCUT2D eigenvalue weighted by Crippen LogP contribution is 2.65. The Morgan fingerprint density at radius 2 is 0.549 bits per heavy atom. The molecule has 8 nitrogen and oxygen atoms in total. The Labute approximate surface area is 713 Å². The smallest absolute Gasteiger partial charge is 0.159 e. The summed E-state index contributed by atoms with van der Waals surface area (Å²) in [7, 11) is 0. The van der Waals surface area contributed by atoms with Crippen molar-refractivity contribution in [2.45, 2.75) is 42.7 Å². The van der Waals surface area contributed by atoms with E-state index < -0.39 is 23.2 Å². The molecule has 6 aliphatic rings. The van der Waals surface area contributed by atoms with Crippen LogP contribution in [0.1, 0.15) is 90.2 Å². The lowest BCUT2D eigenvalue weighted by Gasteiger charge is -2.39. The van der Waals surface area contributed by atoms with Crippen molar-refractivity contribution in [2.24, 2.45) is 20.0 Å². The number of pyridine rings is 2. The fraction of sp³-hybridized carbons (Fsp3) is 0.0357. The van der Waals surface area contributed by atoms with E-state index in [4.69, 9.17) is 29.9 Å². The first-order valence-electron chi connectivity index (χ1n) is 41.6. The first kappa shape index (κ1) is 70.1. The number of benzene rings is 17. The number of hydrogen-bond donors (Lipinski definition) is 2. The average molecular weight is 1590 g/mol. The predicted molar refractivity (Wildman–Crippen MR) is 500 cm³/mol. The van der Waals surface area contributed by atoms with Gasteiger partial charge in [-0.15, -0.1) is 0 Å². The molecule has 2 aliphatic carbocycles. The summed E-state index contributed by atoms with van der Waals surface area (Å²) in [6.45, 7) is 0. The van der Waals surface area contributed by atoms with E-state index in [1.165, 1.54) is 86.3 Å². The molecule has 25 rings (SSSR count). The van der Waals surface area contributed by atoms with Crippen LogP contribution in [0, 0.1) is 0 Å². The number of amidine groups is 4. The van der Waals surface area contributed by atoms with Gasteiger partial charge in [0.15, 0.2) is 11.7 Å². The molecule has 0 bridgehead atoms. The summed E-state index contributed by atoms with van der Waals surface area (Å²) in [5.41, 5.74) is 30.3. The summed E-state index contributed by atoms with van der Waals surface area (Å²) >= 11 is 3.74. The number of aromatic nitrogens is 2. The molecule has 2 atom stereocenters. The van der Waals surface area contributed by atoms with Crippen molar-refractivity contribution in [1.82, 2.24) is 20.6 Å². The molecule has 4 aliphatic heterocycles. The zero-order valence-corrected chi connectivity index (χ0v) is 67.4. The zero-order chi connectivity index (χ0) is 80.1. The third-order valence-electron chi connectivity index (χ3n) is 25.7. The van der Waals surface area contributed by atoms with E-state index in [1.54, 1.807) is 0 Å². The van der Waals surface area contributed by atoms with E-state index in [0.717, 1.165) is 133 Å². The van der Waals surface area contributed by atoms with Crippen LogP contribution in [-0.2, 0) is 10.8 Å². The molecule has 2 N–H and O–H groups in total. The Hall–Kier alpha value is -14.9. The minimum Gasteiger partial charge on any atom is -0.344 e. The first-order chi connectivity index (χ1) is 60.4. The Bertz CT molecular complexity index is 7660. The van der Waals surface area contributed by atoms with Crippen LogP contribution in [0.2, 0.25) is 0 Å². The fourth-order valence-electron chi connectivity index (χ4n) is 20.2. The van der Waals surface area contributed by atoms with Crippen molar-refractivity contribution >= 4 is 90.2 Å². The molecule has 122 heavy (non-hydrogen) atoms. The second-order valence-electron chi connectivity index (χ2n) is 32.3. The van der Waals surface area contributed by atoms with Crippen LogP contribution in [0.4, 0.5) is 0 Å². The van der Waals surface area contributed by atoms with Crippen LogP contribution in [0.3, 0.4) is 0 Å². The standard InChI is InChI=1S/C112H70N8S2/c1-5-26-69(27-6-1)103-87-63-85-79-36-13-15-38-89(79)111(91-40-17-21-44-99(91)121-100-45-22-18-41-92(100)111)95(85)65-83(87)81-58-56-77(61-97(81)113-103)109-117-105(71-30-9-3-10-31-71)115-107(119-109)73-52-48-67(49-53-73)75-34-25-35-76(60-75)68-50-54-74(55-51-68)108-116-106(72-32-11-4-12-33-72)118-110(120-108)78-57-59-82-84-66-96-86(64-88(84)104(114-98(82)62-78)70-28-7-2-8-29-70)80-37-14-16-39-90(80)112(96)93-42-19-23-46-101(93)122-102-47-24-20-43-94(102)112/h1-66,109-110H,(H,115,117,119)(H,116,118,120). The largest absolute Gasteiger partial charge is 0.344 e. The zero-order valence-electron chi connectivity index (χ0n) is 65.8. The van der Waals surface area contributed by atoms with Crippen molar-refractivity contribution < 1.29 is 0 Å². The monoisotopic (exact) mass is 1590 g/mol. The summed E-state index contributed by atoms with van der Waals surface area (Å²) in [5.74, 6) is 2.78. The maximum absolute atomic E-state index is 5.68. The summed E-state index contributed by atoms with van der Waals surface area (Å²) in [5, 5.41) is 14.3. The van der Waals surface area contributed by atoms with Crippen molar-refractivity contribution in [3.05, 3.63) is 478 Å². The van der Waals surface area contributed by atoms with Gasteiger partial charge in [0, 0.05) is 74.5 Å². The van der Waals surface area contributed by atoms with Gasteiger partial charge in [0.2, 0.25) is 0 Å². The maximum atomic E-state index is 5.68. The van der Waals surface area contributed by atoms with Gasteiger partial charge in [0.1, 0.15) is 24.0 Å². The molecular weight excluding hydrogens is 1520 g/mol. The molecule has 0 saturated carbocycles. The molecule has 6 heterocycles. The third kappa shape index (κ3) is 10.9. The Kier molecular flexibility index (Phi) is 16.0. The molecule has 2 spiro atoms. The van der Waals surface area contributed by atoms with E-state index >= 15 is 0 Å². The van der Waals surface area contributed by atoms with Crippen molar-refractivity contribution in [1.29, 1.82) is 0 Å². The van der Waals surface area contributed by atoms with E-state index in [9.17, 15) is 0 Å². The summed E-state index contributed by atoms with van der Waals surface area (Å²) in [4.78, 5) is 38.0. The second-order valence-corrected chi connectivity index (χ2v) is 34.4. The number of fused-ring (bicyclic) bond motifs is 24. The molecule has 0 radical (unpaired) electrons. The maximum Gasteiger partial charge on any atom is 0.159 e. The van der Waals surface area contributed by atoms with Crippen molar-refractivity contribution in [3.8, 4) is 67.0 Å². The van der Waals surface area contributed by atoms with Crippen LogP contribution in [0.15, 0.2) is 440 Å². The van der Waals surface area contributed by atoms with E-state index in [0.29, 0.717) is 11.7 Å². The first-order valence-corrected chi connectivity index (χ1v) is 43.2. The van der Waals surface area contributed by atoms with Crippen LogP contribution in [0.5, 0.6) is 0 Å². The number of hydrogen-bond acceptors (Lipinski definition) is 10. The Morgan fingerprint density at radius 1 is 0.221 bits per heavy atom. The van der Waals surface area contributed by atoms with Gasteiger partial charge in [-0.05, 0) is 178 Å². The molecule has 0 saturated heterocycles.